The molecule has 1 fully saturated rings. The molecular weight excluding hydrogens is 938 g/mol. The van der Waals surface area contributed by atoms with Crippen molar-refractivity contribution in [3.63, 3.8) is 0 Å². The molecule has 0 radical (unpaired) electrons. The van der Waals surface area contributed by atoms with Crippen LogP contribution in [0, 0.1) is 0 Å². The van der Waals surface area contributed by atoms with Gasteiger partial charge >= 0.3 is 27.6 Å². The van der Waals surface area contributed by atoms with Gasteiger partial charge in [-0.05, 0) is 77.0 Å². The van der Waals surface area contributed by atoms with Crippen LogP contribution >= 0.6 is 15.6 Å². The Balaban J connectivity index is 2.72. The Morgan fingerprint density at radius 3 is 1.64 bits per heavy atom. The molecule has 0 amide bonds. The lowest BCUT2D eigenvalue weighted by Gasteiger charge is -2.43. The highest BCUT2D eigenvalue weighted by Crippen LogP contribution is 2.49. The van der Waals surface area contributed by atoms with Crippen molar-refractivity contribution in [3.8, 4) is 0 Å². The monoisotopic (exact) mass is 1020 g/mol. The third-order valence-electron chi connectivity index (χ3n) is 10.6. The van der Waals surface area contributed by atoms with Gasteiger partial charge in [-0.3, -0.25) is 23.2 Å². The molecular formula is C49H82O18P2. The van der Waals surface area contributed by atoms with Crippen molar-refractivity contribution in [3.05, 3.63) is 85.1 Å². The summed E-state index contributed by atoms with van der Waals surface area (Å²) in [5, 5.41) is 61.7. The quantitative estimate of drug-likeness (QED) is 0.00957. The van der Waals surface area contributed by atoms with Crippen LogP contribution in [-0.4, -0.2) is 125 Å². The molecule has 1 rings (SSSR count). The SMILES string of the molecule is CCCCC/C=C\C/C=C\C/C=C\CCCCCCC(=O)OC[C@H](COP(=O)(O)O[C@H]1C(O)C(O)C(O)[C@@H](OP(=O)(O)O)C1O)OC(=O)CCC[C@@H](O)\C=C/C=C/C=C/[C@@H](O)C/C=C\CCCCC. The Kier molecular flexibility index (Phi) is 36.0. The Morgan fingerprint density at radius 1 is 0.551 bits per heavy atom. The van der Waals surface area contributed by atoms with E-state index < -0.39 is 95.7 Å². The van der Waals surface area contributed by atoms with Crippen LogP contribution in [0.1, 0.15) is 142 Å². The van der Waals surface area contributed by atoms with E-state index in [1.54, 1.807) is 30.4 Å². The molecule has 0 aliphatic heterocycles. The molecule has 1 aliphatic rings. The molecule has 0 aromatic rings. The molecule has 1 aliphatic carbocycles. The Hall–Kier alpha value is -2.90. The van der Waals surface area contributed by atoms with Crippen LogP contribution in [0.2, 0.25) is 0 Å². The Labute approximate surface area is 409 Å². The van der Waals surface area contributed by atoms with E-state index in [-0.39, 0.29) is 25.7 Å². The van der Waals surface area contributed by atoms with E-state index >= 15 is 0 Å². The summed E-state index contributed by atoms with van der Waals surface area (Å²) in [5.41, 5.74) is 0. The summed E-state index contributed by atoms with van der Waals surface area (Å²) in [5.74, 6) is -1.48. The maximum atomic E-state index is 13.0. The van der Waals surface area contributed by atoms with Crippen LogP contribution < -0.4 is 0 Å². The molecule has 0 spiro atoms. The largest absolute Gasteiger partial charge is 0.472 e. The number of aliphatic hydroxyl groups is 6. The zero-order valence-corrected chi connectivity index (χ0v) is 42.2. The van der Waals surface area contributed by atoms with Gasteiger partial charge in [0.2, 0.25) is 0 Å². The van der Waals surface area contributed by atoms with Crippen molar-refractivity contribution in [1.29, 1.82) is 0 Å². The molecule has 20 heteroatoms. The molecule has 18 nitrogen and oxygen atoms in total. The predicted molar refractivity (Wildman–Crippen MR) is 262 cm³/mol. The highest BCUT2D eigenvalue weighted by Gasteiger charge is 2.54. The highest BCUT2D eigenvalue weighted by molar-refractivity contribution is 7.47. The second-order valence-corrected chi connectivity index (χ2v) is 19.5. The van der Waals surface area contributed by atoms with Gasteiger partial charge in [0.15, 0.2) is 6.10 Å². The van der Waals surface area contributed by atoms with Crippen LogP contribution in [0.15, 0.2) is 85.1 Å². The predicted octanol–water partition coefficient (Wildman–Crippen LogP) is 7.34. The minimum atomic E-state index is -5.40. The first-order valence-corrected chi connectivity index (χ1v) is 27.4. The normalized spacial score (nSPS) is 22.8. The maximum absolute atomic E-state index is 13.0. The first-order valence-electron chi connectivity index (χ1n) is 24.3. The van der Waals surface area contributed by atoms with Gasteiger partial charge in [-0.25, -0.2) is 9.13 Å². The number of unbranched alkanes of at least 4 members (excludes halogenated alkanes) is 10. The van der Waals surface area contributed by atoms with Crippen molar-refractivity contribution in [2.24, 2.45) is 0 Å². The molecule has 0 aromatic carbocycles. The fourth-order valence-electron chi connectivity index (χ4n) is 6.75. The number of phosphoric acid groups is 2. The van der Waals surface area contributed by atoms with Crippen molar-refractivity contribution in [1.82, 2.24) is 0 Å². The lowest BCUT2D eigenvalue weighted by atomic mass is 9.85. The number of allylic oxidation sites excluding steroid dienone is 11. The number of phosphoric ester groups is 2. The Morgan fingerprint density at radius 2 is 1.06 bits per heavy atom. The lowest BCUT2D eigenvalue weighted by Crippen LogP contribution is -2.64. The summed E-state index contributed by atoms with van der Waals surface area (Å²) in [6.07, 6.45) is 25.7. The molecule has 396 valence electrons. The fraction of sp³-hybridized carbons (Fsp3) is 0.673. The average Bonchev–Trinajstić information content (AvgIpc) is 3.29. The van der Waals surface area contributed by atoms with E-state index in [1.165, 1.54) is 31.8 Å². The summed E-state index contributed by atoms with van der Waals surface area (Å²) < 4.78 is 49.2. The number of aliphatic hydroxyl groups excluding tert-OH is 6. The number of carbonyl (C=O) groups is 2. The first-order chi connectivity index (χ1) is 32.9. The van der Waals surface area contributed by atoms with E-state index in [4.69, 9.17) is 18.5 Å². The second-order valence-electron chi connectivity index (χ2n) is 16.9. The first kappa shape index (κ1) is 64.1. The minimum Gasteiger partial charge on any atom is -0.462 e. The summed E-state index contributed by atoms with van der Waals surface area (Å²) in [6, 6.07) is 0. The molecule has 69 heavy (non-hydrogen) atoms. The zero-order chi connectivity index (χ0) is 51.3. The zero-order valence-electron chi connectivity index (χ0n) is 40.4. The average molecular weight is 1020 g/mol. The van der Waals surface area contributed by atoms with Crippen LogP contribution in [0.3, 0.4) is 0 Å². The number of ether oxygens (including phenoxy) is 2. The summed E-state index contributed by atoms with van der Waals surface area (Å²) in [6.45, 7) is 2.79. The number of carbonyl (C=O) groups excluding carboxylic acids is 2. The molecule has 10 atom stereocenters. The van der Waals surface area contributed by atoms with Crippen molar-refractivity contribution in [2.45, 2.75) is 197 Å². The van der Waals surface area contributed by atoms with Gasteiger partial charge in [0, 0.05) is 12.8 Å². The molecule has 0 saturated heterocycles. The van der Waals surface area contributed by atoms with Gasteiger partial charge in [0.05, 0.1) is 18.8 Å². The number of rotatable bonds is 39. The van der Waals surface area contributed by atoms with E-state index in [0.29, 0.717) is 12.8 Å². The van der Waals surface area contributed by atoms with E-state index in [0.717, 1.165) is 64.2 Å². The fourth-order valence-corrected chi connectivity index (χ4v) is 8.29. The van der Waals surface area contributed by atoms with Gasteiger partial charge in [0.1, 0.15) is 43.2 Å². The number of hydrogen-bond donors (Lipinski definition) is 9. The topological polar surface area (TPSA) is 296 Å². The standard InChI is InChI=1S/C49H82O18P2/c1-3-5-7-9-11-12-13-14-15-16-17-18-19-20-21-23-29-35-42(52)63-37-41(38-64-69(61,62)67-49-46(56)44(54)45(55)48(47(49)57)66-68(58,59)60)65-43(53)36-30-34-40(51)33-28-25-24-27-32-39(50)31-26-22-10-8-6-4-2/h11-12,14-15,17-18,22,24-28,32-33,39-41,44-51,54-57H,3-10,13,16,19-21,23,29-31,34-38H2,1-2H3,(H,61,62)(H2,58,59,60)/b12-11-,15-14-,18-17-,25-24+,26-22-,32-27+,33-28-/t39-,40-,41+,44?,45?,46?,47?,48+,49-/m0/s1. The third-order valence-corrected chi connectivity index (χ3v) is 12.1. The maximum Gasteiger partial charge on any atom is 0.472 e. The molecule has 0 bridgehead atoms. The molecule has 0 heterocycles. The second kappa shape index (κ2) is 38.7. The molecule has 0 aromatic heterocycles. The smallest absolute Gasteiger partial charge is 0.462 e. The van der Waals surface area contributed by atoms with Crippen LogP contribution in [-0.2, 0) is 41.8 Å². The van der Waals surface area contributed by atoms with Gasteiger partial charge < -0.3 is 54.8 Å². The van der Waals surface area contributed by atoms with Crippen molar-refractivity contribution >= 4 is 27.6 Å². The lowest BCUT2D eigenvalue weighted by molar-refractivity contribution is -0.216. The van der Waals surface area contributed by atoms with Gasteiger partial charge in [0.25, 0.3) is 0 Å². The summed E-state index contributed by atoms with van der Waals surface area (Å²) >= 11 is 0. The van der Waals surface area contributed by atoms with Crippen molar-refractivity contribution < 1.29 is 87.1 Å². The number of hydrogen-bond acceptors (Lipinski definition) is 15. The summed E-state index contributed by atoms with van der Waals surface area (Å²) in [4.78, 5) is 54.3. The van der Waals surface area contributed by atoms with E-state index in [1.807, 2.05) is 6.08 Å². The van der Waals surface area contributed by atoms with Crippen LogP contribution in [0.5, 0.6) is 0 Å². The summed E-state index contributed by atoms with van der Waals surface area (Å²) in [7, 11) is -10.8. The third kappa shape index (κ3) is 33.4. The van der Waals surface area contributed by atoms with Crippen molar-refractivity contribution in [2.75, 3.05) is 13.2 Å². The molecule has 5 unspecified atom stereocenters. The molecule has 9 N–H and O–H groups in total. The number of esters is 2. The van der Waals surface area contributed by atoms with Crippen LogP contribution in [0.4, 0.5) is 0 Å². The van der Waals surface area contributed by atoms with E-state index in [2.05, 4.69) is 60.9 Å². The van der Waals surface area contributed by atoms with Gasteiger partial charge in [-0.1, -0.05) is 137 Å². The molecule has 1 saturated carbocycles. The van der Waals surface area contributed by atoms with Crippen LogP contribution in [0.25, 0.3) is 0 Å². The van der Waals surface area contributed by atoms with E-state index in [9.17, 15) is 64.0 Å². The minimum absolute atomic E-state index is 0.0377. The highest BCUT2D eigenvalue weighted by atomic mass is 31.2. The Bertz CT molecular complexity index is 1690. The van der Waals surface area contributed by atoms with Gasteiger partial charge in [-0.15, -0.1) is 0 Å². The van der Waals surface area contributed by atoms with Gasteiger partial charge in [-0.2, -0.15) is 0 Å².